The van der Waals surface area contributed by atoms with E-state index in [9.17, 15) is 0 Å². The molecule has 1 atom stereocenters. The van der Waals surface area contributed by atoms with Crippen LogP contribution < -0.4 is 5.32 Å². The Morgan fingerprint density at radius 2 is 2.41 bits per heavy atom. The van der Waals surface area contributed by atoms with Gasteiger partial charge in [-0.25, -0.2) is 4.98 Å². The van der Waals surface area contributed by atoms with Crippen LogP contribution in [0.5, 0.6) is 0 Å². The van der Waals surface area contributed by atoms with E-state index in [2.05, 4.69) is 41.5 Å². The van der Waals surface area contributed by atoms with Gasteiger partial charge in [-0.3, -0.25) is 4.90 Å². The lowest BCUT2D eigenvalue weighted by Gasteiger charge is -2.19. The molecule has 17 heavy (non-hydrogen) atoms. The predicted octanol–water partition coefficient (Wildman–Crippen LogP) is 2.45. The van der Waals surface area contributed by atoms with Crippen molar-refractivity contribution < 1.29 is 0 Å². The quantitative estimate of drug-likeness (QED) is 0.873. The number of nitrogens with zero attached hydrogens (tertiary/aromatic N) is 2. The summed E-state index contributed by atoms with van der Waals surface area (Å²) in [5, 5.41) is 7.00. The first-order valence-corrected chi connectivity index (χ1v) is 7.39. The number of nitrogens with one attached hydrogen (secondary N) is 1. The Morgan fingerprint density at radius 1 is 1.59 bits per heavy atom. The van der Waals surface area contributed by atoms with Crippen LogP contribution in [0.4, 0.5) is 0 Å². The molecule has 0 aromatic carbocycles. The van der Waals surface area contributed by atoms with Crippen molar-refractivity contribution in [1.82, 2.24) is 15.2 Å². The molecule has 0 bridgehead atoms. The summed E-state index contributed by atoms with van der Waals surface area (Å²) in [7, 11) is 2.19. The summed E-state index contributed by atoms with van der Waals surface area (Å²) < 4.78 is 0. The molecule has 1 aliphatic rings. The van der Waals surface area contributed by atoms with Crippen molar-refractivity contribution in [2.75, 3.05) is 20.1 Å². The Bertz CT molecular complexity index is 342. The van der Waals surface area contributed by atoms with Crippen molar-refractivity contribution in [2.24, 2.45) is 0 Å². The number of hydrogen-bond donors (Lipinski definition) is 1. The van der Waals surface area contributed by atoms with Crippen molar-refractivity contribution in [2.45, 2.75) is 45.2 Å². The SMILES string of the molecule is CC(C)c1nc(CN(C)CC2CCCN2)cs1. The van der Waals surface area contributed by atoms with Crippen molar-refractivity contribution in [3.63, 3.8) is 0 Å². The summed E-state index contributed by atoms with van der Waals surface area (Å²) in [5.41, 5.74) is 1.22. The van der Waals surface area contributed by atoms with Gasteiger partial charge in [0.2, 0.25) is 0 Å². The minimum Gasteiger partial charge on any atom is -0.313 e. The molecule has 0 spiro atoms. The highest BCUT2D eigenvalue weighted by Gasteiger charge is 2.16. The molecule has 1 unspecified atom stereocenters. The smallest absolute Gasteiger partial charge is 0.0954 e. The Hall–Kier alpha value is -0.450. The molecule has 0 aliphatic carbocycles. The molecule has 0 saturated carbocycles. The van der Waals surface area contributed by atoms with E-state index in [1.165, 1.54) is 30.1 Å². The van der Waals surface area contributed by atoms with Crippen LogP contribution in [0.2, 0.25) is 0 Å². The average Bonchev–Trinajstić information content (AvgIpc) is 2.88. The summed E-state index contributed by atoms with van der Waals surface area (Å²) in [5.74, 6) is 0.551. The summed E-state index contributed by atoms with van der Waals surface area (Å²) in [6, 6.07) is 0.684. The van der Waals surface area contributed by atoms with Gasteiger partial charge in [-0.15, -0.1) is 11.3 Å². The molecule has 0 amide bonds. The molecule has 4 heteroatoms. The second-order valence-corrected chi connectivity index (χ2v) is 6.21. The lowest BCUT2D eigenvalue weighted by molar-refractivity contribution is 0.290. The van der Waals surface area contributed by atoms with Crippen LogP contribution in [0.1, 0.15) is 43.3 Å². The van der Waals surface area contributed by atoms with Crippen molar-refractivity contribution in [3.05, 3.63) is 16.1 Å². The third-order valence-corrected chi connectivity index (χ3v) is 4.38. The molecule has 3 nitrogen and oxygen atoms in total. The molecule has 1 saturated heterocycles. The molecule has 96 valence electrons. The van der Waals surface area contributed by atoms with Gasteiger partial charge in [-0.05, 0) is 26.4 Å². The molecular formula is C13H23N3S. The zero-order valence-corrected chi connectivity index (χ0v) is 11.9. The normalized spacial score (nSPS) is 20.6. The van der Waals surface area contributed by atoms with Gasteiger partial charge >= 0.3 is 0 Å². The van der Waals surface area contributed by atoms with Gasteiger partial charge in [0.25, 0.3) is 0 Å². The van der Waals surface area contributed by atoms with Crippen LogP contribution in [0, 0.1) is 0 Å². The molecule has 1 aromatic heterocycles. The molecule has 1 aliphatic heterocycles. The highest BCUT2D eigenvalue weighted by Crippen LogP contribution is 2.20. The van der Waals surface area contributed by atoms with Gasteiger partial charge < -0.3 is 5.32 Å². The van der Waals surface area contributed by atoms with Gasteiger partial charge in [-0.2, -0.15) is 0 Å². The summed E-state index contributed by atoms with van der Waals surface area (Å²) in [6.07, 6.45) is 2.64. The predicted molar refractivity (Wildman–Crippen MR) is 73.6 cm³/mol. The first-order valence-electron chi connectivity index (χ1n) is 6.51. The van der Waals surface area contributed by atoms with Crippen molar-refractivity contribution in [1.29, 1.82) is 0 Å². The lowest BCUT2D eigenvalue weighted by atomic mass is 10.2. The summed E-state index contributed by atoms with van der Waals surface area (Å²) in [6.45, 7) is 7.70. The van der Waals surface area contributed by atoms with Gasteiger partial charge in [0.15, 0.2) is 0 Å². The Morgan fingerprint density at radius 3 is 3.00 bits per heavy atom. The van der Waals surface area contributed by atoms with Crippen LogP contribution in [-0.2, 0) is 6.54 Å². The van der Waals surface area contributed by atoms with E-state index in [0.717, 1.165) is 13.1 Å². The number of thiazole rings is 1. The molecule has 2 rings (SSSR count). The lowest BCUT2D eigenvalue weighted by Crippen LogP contribution is -2.35. The van der Waals surface area contributed by atoms with E-state index in [-0.39, 0.29) is 0 Å². The van der Waals surface area contributed by atoms with Gasteiger partial charge in [0, 0.05) is 30.4 Å². The number of likely N-dealkylation sites (N-methyl/N-ethyl adjacent to an activating group) is 1. The monoisotopic (exact) mass is 253 g/mol. The van der Waals surface area contributed by atoms with E-state index in [4.69, 9.17) is 0 Å². The second-order valence-electron chi connectivity index (χ2n) is 5.32. The van der Waals surface area contributed by atoms with Crippen molar-refractivity contribution >= 4 is 11.3 Å². The van der Waals surface area contributed by atoms with Crippen LogP contribution in [0.25, 0.3) is 0 Å². The number of aromatic nitrogens is 1. The maximum atomic E-state index is 4.68. The highest BCUT2D eigenvalue weighted by molar-refractivity contribution is 7.09. The third kappa shape index (κ3) is 3.76. The maximum Gasteiger partial charge on any atom is 0.0954 e. The van der Waals surface area contributed by atoms with E-state index < -0.39 is 0 Å². The first-order chi connectivity index (χ1) is 8.15. The van der Waals surface area contributed by atoms with E-state index >= 15 is 0 Å². The number of rotatable bonds is 5. The van der Waals surface area contributed by atoms with E-state index in [0.29, 0.717) is 12.0 Å². The molecule has 2 heterocycles. The first kappa shape index (κ1) is 13.0. The Labute approximate surface area is 108 Å². The van der Waals surface area contributed by atoms with Gasteiger partial charge in [0.1, 0.15) is 0 Å². The zero-order valence-electron chi connectivity index (χ0n) is 11.1. The standard InChI is InChI=1S/C13H23N3S/c1-10(2)13-15-12(9-17-13)8-16(3)7-11-5-4-6-14-11/h9-11,14H,4-8H2,1-3H3. The Balaban J connectivity index is 1.82. The highest BCUT2D eigenvalue weighted by atomic mass is 32.1. The fraction of sp³-hybridized carbons (Fsp3) is 0.769. The second kappa shape index (κ2) is 5.94. The fourth-order valence-electron chi connectivity index (χ4n) is 2.29. The van der Waals surface area contributed by atoms with Gasteiger partial charge in [0.05, 0.1) is 10.7 Å². The molecule has 1 N–H and O–H groups in total. The van der Waals surface area contributed by atoms with Crippen molar-refractivity contribution in [3.8, 4) is 0 Å². The Kier molecular flexibility index (Phi) is 4.54. The fourth-order valence-corrected chi connectivity index (χ4v) is 3.12. The molecular weight excluding hydrogens is 230 g/mol. The maximum absolute atomic E-state index is 4.68. The van der Waals surface area contributed by atoms with Crippen LogP contribution in [0.3, 0.4) is 0 Å². The molecule has 1 aromatic rings. The molecule has 1 fully saturated rings. The third-order valence-electron chi connectivity index (χ3n) is 3.19. The molecule has 0 radical (unpaired) electrons. The largest absolute Gasteiger partial charge is 0.313 e. The topological polar surface area (TPSA) is 28.2 Å². The van der Waals surface area contributed by atoms with Gasteiger partial charge in [-0.1, -0.05) is 13.8 Å². The van der Waals surface area contributed by atoms with E-state index in [1.807, 2.05) is 0 Å². The minimum absolute atomic E-state index is 0.551. The summed E-state index contributed by atoms with van der Waals surface area (Å²) in [4.78, 5) is 7.06. The van der Waals surface area contributed by atoms with E-state index in [1.54, 1.807) is 11.3 Å². The minimum atomic E-state index is 0.551. The van der Waals surface area contributed by atoms with Crippen LogP contribution >= 0.6 is 11.3 Å². The van der Waals surface area contributed by atoms with Crippen LogP contribution in [0.15, 0.2) is 5.38 Å². The zero-order chi connectivity index (χ0) is 12.3. The summed E-state index contributed by atoms with van der Waals surface area (Å²) >= 11 is 1.79. The van der Waals surface area contributed by atoms with Crippen LogP contribution in [-0.4, -0.2) is 36.1 Å². The number of hydrogen-bond acceptors (Lipinski definition) is 4. The average molecular weight is 253 g/mol.